The minimum Gasteiger partial charge on any atom is -0.346 e. The molecule has 15 heavy (non-hydrogen) atoms. The third kappa shape index (κ3) is 2.33. The van der Waals surface area contributed by atoms with Gasteiger partial charge in [-0.2, -0.15) is 0 Å². The Balaban J connectivity index is 1.95. The van der Waals surface area contributed by atoms with Gasteiger partial charge in [0.15, 0.2) is 6.29 Å². The molecule has 0 spiro atoms. The molecule has 0 N–H and O–H groups in total. The predicted octanol–water partition coefficient (Wildman–Crippen LogP) is 2.03. The Morgan fingerprint density at radius 1 is 1.27 bits per heavy atom. The molecule has 0 aromatic rings. The highest BCUT2D eigenvalue weighted by Crippen LogP contribution is 2.37. The molecular formula is C11H20O4. The van der Waals surface area contributed by atoms with Crippen molar-refractivity contribution in [2.24, 2.45) is 0 Å². The fourth-order valence-corrected chi connectivity index (χ4v) is 2.19. The van der Waals surface area contributed by atoms with Crippen LogP contribution in [-0.2, 0) is 18.9 Å². The summed E-state index contributed by atoms with van der Waals surface area (Å²) in [6.07, 6.45) is 3.15. The van der Waals surface area contributed by atoms with Gasteiger partial charge in [-0.05, 0) is 26.2 Å². The zero-order chi connectivity index (χ0) is 10.9. The van der Waals surface area contributed by atoms with E-state index in [1.807, 2.05) is 6.92 Å². The van der Waals surface area contributed by atoms with Crippen molar-refractivity contribution in [3.63, 3.8) is 0 Å². The lowest BCUT2D eigenvalue weighted by atomic mass is 10.0. The second-order valence-corrected chi connectivity index (χ2v) is 4.18. The molecule has 0 aromatic heterocycles. The topological polar surface area (TPSA) is 36.9 Å². The lowest BCUT2D eigenvalue weighted by molar-refractivity contribution is -0.341. The Morgan fingerprint density at radius 3 is 2.73 bits per heavy atom. The van der Waals surface area contributed by atoms with E-state index in [0.717, 1.165) is 19.3 Å². The molecule has 4 nitrogen and oxygen atoms in total. The number of hydrogen-bond acceptors (Lipinski definition) is 4. The zero-order valence-corrected chi connectivity index (χ0v) is 9.69. The summed E-state index contributed by atoms with van der Waals surface area (Å²) in [6.45, 7) is 6.43. The molecule has 0 radical (unpaired) electrons. The van der Waals surface area contributed by atoms with Crippen LogP contribution in [0, 0.1) is 0 Å². The van der Waals surface area contributed by atoms with E-state index < -0.39 is 5.97 Å². The van der Waals surface area contributed by atoms with E-state index in [0.29, 0.717) is 12.7 Å². The van der Waals surface area contributed by atoms with E-state index in [1.165, 1.54) is 0 Å². The van der Waals surface area contributed by atoms with Gasteiger partial charge < -0.3 is 14.2 Å². The fraction of sp³-hybridized carbons (Fsp3) is 1.00. The van der Waals surface area contributed by atoms with Crippen molar-refractivity contribution in [3.05, 3.63) is 0 Å². The summed E-state index contributed by atoms with van der Waals surface area (Å²) in [7, 11) is 0. The Bertz CT molecular complexity index is 221. The number of rotatable bonds is 3. The van der Waals surface area contributed by atoms with Crippen LogP contribution in [0.5, 0.6) is 0 Å². The molecule has 0 unspecified atom stereocenters. The largest absolute Gasteiger partial charge is 0.346 e. The highest BCUT2D eigenvalue weighted by molar-refractivity contribution is 4.80. The first kappa shape index (κ1) is 11.3. The molecule has 2 saturated heterocycles. The van der Waals surface area contributed by atoms with Crippen molar-refractivity contribution in [3.8, 4) is 0 Å². The van der Waals surface area contributed by atoms with Gasteiger partial charge in [-0.25, -0.2) is 0 Å². The third-order valence-corrected chi connectivity index (χ3v) is 2.96. The van der Waals surface area contributed by atoms with Gasteiger partial charge in [-0.1, -0.05) is 6.92 Å². The van der Waals surface area contributed by atoms with Crippen LogP contribution in [-0.4, -0.2) is 31.1 Å². The third-order valence-electron chi connectivity index (χ3n) is 2.96. The average molecular weight is 216 g/mol. The first-order chi connectivity index (χ1) is 7.17. The monoisotopic (exact) mass is 216 g/mol. The van der Waals surface area contributed by atoms with Crippen LogP contribution in [0.1, 0.15) is 40.0 Å². The van der Waals surface area contributed by atoms with E-state index in [-0.39, 0.29) is 12.4 Å². The second kappa shape index (κ2) is 4.37. The molecule has 0 bridgehead atoms. The average Bonchev–Trinajstić information content (AvgIpc) is 2.53. The van der Waals surface area contributed by atoms with Gasteiger partial charge in [0.05, 0.1) is 6.10 Å². The maximum absolute atomic E-state index is 5.77. The normalized spacial score (nSPS) is 45.4. The van der Waals surface area contributed by atoms with Crippen molar-refractivity contribution in [2.45, 2.75) is 64.5 Å². The maximum atomic E-state index is 5.77. The number of ether oxygens (including phenoxy) is 4. The summed E-state index contributed by atoms with van der Waals surface area (Å²) in [4.78, 5) is 0. The Hall–Kier alpha value is -0.160. The summed E-state index contributed by atoms with van der Waals surface area (Å²) < 4.78 is 22.6. The van der Waals surface area contributed by atoms with Crippen LogP contribution in [0.15, 0.2) is 0 Å². The van der Waals surface area contributed by atoms with Gasteiger partial charge in [0.1, 0.15) is 6.10 Å². The molecule has 0 amide bonds. The van der Waals surface area contributed by atoms with Gasteiger partial charge in [0, 0.05) is 13.5 Å². The highest BCUT2D eigenvalue weighted by Gasteiger charge is 2.48. The van der Waals surface area contributed by atoms with Crippen LogP contribution in [0.25, 0.3) is 0 Å². The summed E-state index contributed by atoms with van der Waals surface area (Å²) >= 11 is 0. The van der Waals surface area contributed by atoms with Crippen LogP contribution >= 0.6 is 0 Å². The molecule has 2 fully saturated rings. The van der Waals surface area contributed by atoms with Crippen LogP contribution < -0.4 is 0 Å². The molecule has 2 heterocycles. The van der Waals surface area contributed by atoms with Gasteiger partial charge in [-0.15, -0.1) is 0 Å². The summed E-state index contributed by atoms with van der Waals surface area (Å²) in [5.74, 6) is -0.910. The van der Waals surface area contributed by atoms with E-state index in [1.54, 1.807) is 6.92 Å². The van der Waals surface area contributed by atoms with Crippen molar-refractivity contribution >= 4 is 0 Å². The van der Waals surface area contributed by atoms with E-state index >= 15 is 0 Å². The summed E-state index contributed by atoms with van der Waals surface area (Å²) in [5.41, 5.74) is 0. The van der Waals surface area contributed by atoms with E-state index in [4.69, 9.17) is 18.9 Å². The predicted molar refractivity (Wildman–Crippen MR) is 54.2 cm³/mol. The maximum Gasteiger partial charge on any atom is 0.282 e. The van der Waals surface area contributed by atoms with Gasteiger partial charge in [0.25, 0.3) is 5.97 Å². The Labute approximate surface area is 90.8 Å². The molecule has 88 valence electrons. The zero-order valence-electron chi connectivity index (χ0n) is 9.69. The lowest BCUT2D eigenvalue weighted by Gasteiger charge is -2.28. The van der Waals surface area contributed by atoms with Gasteiger partial charge >= 0.3 is 0 Å². The van der Waals surface area contributed by atoms with Crippen molar-refractivity contribution in [2.75, 3.05) is 6.61 Å². The molecule has 0 aliphatic carbocycles. The van der Waals surface area contributed by atoms with Crippen LogP contribution in [0.3, 0.4) is 0 Å². The molecule has 4 atom stereocenters. The number of fused-ring (bicyclic) bond motifs is 1. The quantitative estimate of drug-likeness (QED) is 0.723. The molecule has 0 aromatic carbocycles. The molecule has 0 saturated carbocycles. The standard InChI is InChI=1S/C11H20O4/c1-4-8-6-7-9-10(13-8)15-11(3,14-9)12-5-2/h8-10H,4-7H2,1-3H3/t8-,9-,10+,11-/m1/s1. The SMILES string of the molecule is CCO[C@@]1(C)O[C@@H]2O[C@H](CC)CC[C@H]2O1. The summed E-state index contributed by atoms with van der Waals surface area (Å²) in [5, 5.41) is 0. The minimum absolute atomic E-state index is 0.0318. The first-order valence-corrected chi connectivity index (χ1v) is 5.82. The van der Waals surface area contributed by atoms with E-state index in [9.17, 15) is 0 Å². The molecule has 2 rings (SSSR count). The number of hydrogen-bond donors (Lipinski definition) is 0. The molecule has 2 aliphatic heterocycles. The molecular weight excluding hydrogens is 196 g/mol. The minimum atomic E-state index is -0.910. The second-order valence-electron chi connectivity index (χ2n) is 4.18. The fourth-order valence-electron chi connectivity index (χ4n) is 2.19. The van der Waals surface area contributed by atoms with Gasteiger partial charge in [0.2, 0.25) is 0 Å². The Morgan fingerprint density at radius 2 is 2.07 bits per heavy atom. The van der Waals surface area contributed by atoms with E-state index in [2.05, 4.69) is 6.92 Å². The van der Waals surface area contributed by atoms with Crippen molar-refractivity contribution in [1.82, 2.24) is 0 Å². The van der Waals surface area contributed by atoms with Crippen LogP contribution in [0.2, 0.25) is 0 Å². The van der Waals surface area contributed by atoms with Gasteiger partial charge in [-0.3, -0.25) is 4.74 Å². The van der Waals surface area contributed by atoms with Crippen LogP contribution in [0.4, 0.5) is 0 Å². The smallest absolute Gasteiger partial charge is 0.282 e. The molecule has 2 aliphatic rings. The lowest BCUT2D eigenvalue weighted by Crippen LogP contribution is -2.36. The highest BCUT2D eigenvalue weighted by atomic mass is 16.9. The first-order valence-electron chi connectivity index (χ1n) is 5.82. The Kier molecular flexibility index (Phi) is 3.30. The van der Waals surface area contributed by atoms with Crippen molar-refractivity contribution in [1.29, 1.82) is 0 Å². The van der Waals surface area contributed by atoms with Crippen molar-refractivity contribution < 1.29 is 18.9 Å². The summed E-state index contributed by atoms with van der Waals surface area (Å²) in [6, 6.07) is 0. The molecule has 4 heteroatoms.